The van der Waals surface area contributed by atoms with Gasteiger partial charge < -0.3 is 0 Å². The predicted octanol–water partition coefficient (Wildman–Crippen LogP) is 3.10. The van der Waals surface area contributed by atoms with Crippen LogP contribution in [0.3, 0.4) is 0 Å². The van der Waals surface area contributed by atoms with Gasteiger partial charge in [0.25, 0.3) is 10.0 Å². The number of sulfonamides is 1. The lowest BCUT2D eigenvalue weighted by molar-refractivity contribution is 0.583. The van der Waals surface area contributed by atoms with E-state index in [-0.39, 0.29) is 15.2 Å². The van der Waals surface area contributed by atoms with E-state index in [1.807, 2.05) is 11.4 Å². The maximum atomic E-state index is 11.8. The summed E-state index contributed by atoms with van der Waals surface area (Å²) in [5.41, 5.74) is 0. The molecule has 17 heavy (non-hydrogen) atoms. The van der Waals surface area contributed by atoms with Gasteiger partial charge in [-0.15, -0.1) is 11.3 Å². The smallest absolute Gasteiger partial charge is 0.232 e. The van der Waals surface area contributed by atoms with Crippen molar-refractivity contribution in [1.82, 2.24) is 9.71 Å². The highest BCUT2D eigenvalue weighted by atomic mass is 79.9. The first kappa shape index (κ1) is 13.4. The first-order valence-corrected chi connectivity index (χ1v) is 8.67. The summed E-state index contributed by atoms with van der Waals surface area (Å²) in [6.07, 6.45) is 1.25. The molecule has 92 valence electrons. The highest BCUT2D eigenvalue weighted by Gasteiger charge is 2.17. The lowest BCUT2D eigenvalue weighted by Crippen LogP contribution is -2.22. The normalized spacial score (nSPS) is 11.9. The molecule has 9 heteroatoms. The first-order valence-electron chi connectivity index (χ1n) is 4.32. The lowest BCUT2D eigenvalue weighted by atomic mass is 10.5. The number of hydrogen-bond donors (Lipinski definition) is 1. The van der Waals surface area contributed by atoms with Crippen LogP contribution in [0.2, 0.25) is 4.47 Å². The van der Waals surface area contributed by atoms with Gasteiger partial charge in [-0.05, 0) is 27.4 Å². The van der Waals surface area contributed by atoms with E-state index in [2.05, 4.69) is 25.6 Å². The molecular weight excluding hydrogens is 368 g/mol. The SMILES string of the molecule is O=S(=O)(NCc1sccc1Br)c1cnc(Cl)s1. The molecule has 0 aromatic carbocycles. The molecule has 0 atom stereocenters. The number of hydrogen-bond acceptors (Lipinski definition) is 5. The van der Waals surface area contributed by atoms with Crippen molar-refractivity contribution in [2.75, 3.05) is 0 Å². The Hall–Kier alpha value is 0.01000. The van der Waals surface area contributed by atoms with Crippen molar-refractivity contribution in [3.8, 4) is 0 Å². The summed E-state index contributed by atoms with van der Waals surface area (Å²) < 4.78 is 27.4. The summed E-state index contributed by atoms with van der Waals surface area (Å²) in [4.78, 5) is 4.62. The van der Waals surface area contributed by atoms with Crippen LogP contribution in [-0.4, -0.2) is 13.4 Å². The van der Waals surface area contributed by atoms with Gasteiger partial charge in [0, 0.05) is 15.9 Å². The van der Waals surface area contributed by atoms with Crippen molar-refractivity contribution in [3.63, 3.8) is 0 Å². The second kappa shape index (κ2) is 5.33. The Balaban J connectivity index is 2.11. The lowest BCUT2D eigenvalue weighted by Gasteiger charge is -2.02. The minimum atomic E-state index is -3.52. The second-order valence-corrected chi connectivity index (χ2v) is 8.41. The Kier molecular flexibility index (Phi) is 4.22. The van der Waals surface area contributed by atoms with Gasteiger partial charge in [-0.25, -0.2) is 18.1 Å². The van der Waals surface area contributed by atoms with Crippen LogP contribution in [0.1, 0.15) is 4.88 Å². The number of rotatable bonds is 4. The molecule has 0 aliphatic carbocycles. The first-order chi connectivity index (χ1) is 7.99. The van der Waals surface area contributed by atoms with E-state index in [4.69, 9.17) is 11.6 Å². The summed E-state index contributed by atoms with van der Waals surface area (Å²) in [6, 6.07) is 1.87. The minimum absolute atomic E-state index is 0.121. The summed E-state index contributed by atoms with van der Waals surface area (Å²) in [6.45, 7) is 0.246. The fraction of sp³-hybridized carbons (Fsp3) is 0.125. The molecule has 4 nitrogen and oxygen atoms in total. The molecule has 0 saturated heterocycles. The van der Waals surface area contributed by atoms with Crippen LogP contribution in [0.15, 0.2) is 26.3 Å². The molecule has 2 aromatic heterocycles. The van der Waals surface area contributed by atoms with E-state index in [1.165, 1.54) is 17.5 Å². The average molecular weight is 374 g/mol. The molecule has 2 heterocycles. The van der Waals surface area contributed by atoms with Crippen LogP contribution < -0.4 is 4.72 Å². The molecule has 2 aromatic rings. The number of thiophene rings is 1. The van der Waals surface area contributed by atoms with Crippen molar-refractivity contribution in [1.29, 1.82) is 0 Å². The van der Waals surface area contributed by atoms with Crippen LogP contribution in [0.25, 0.3) is 0 Å². The Bertz CT molecular complexity index is 622. The van der Waals surface area contributed by atoms with Gasteiger partial charge in [0.05, 0.1) is 6.20 Å². The molecule has 0 radical (unpaired) electrons. The van der Waals surface area contributed by atoms with E-state index >= 15 is 0 Å². The standard InChI is InChI=1S/C8H6BrClN2O2S3/c9-5-1-2-15-6(5)3-12-17(13,14)7-4-11-8(10)16-7/h1-2,4,12H,3H2. The fourth-order valence-corrected chi connectivity index (χ4v) is 4.90. The topological polar surface area (TPSA) is 59.1 Å². The fourth-order valence-electron chi connectivity index (χ4n) is 1.05. The molecular formula is C8H6BrClN2O2S3. The van der Waals surface area contributed by atoms with E-state index in [9.17, 15) is 8.42 Å². The number of nitrogens with one attached hydrogen (secondary N) is 1. The van der Waals surface area contributed by atoms with Crippen LogP contribution in [-0.2, 0) is 16.6 Å². The van der Waals surface area contributed by atoms with Gasteiger partial charge >= 0.3 is 0 Å². The van der Waals surface area contributed by atoms with Crippen LogP contribution in [0.5, 0.6) is 0 Å². The largest absolute Gasteiger partial charge is 0.252 e. The van der Waals surface area contributed by atoms with Crippen LogP contribution in [0.4, 0.5) is 0 Å². The van der Waals surface area contributed by atoms with Crippen molar-refractivity contribution in [2.45, 2.75) is 10.8 Å². The molecule has 0 spiro atoms. The molecule has 0 unspecified atom stereocenters. The predicted molar refractivity (Wildman–Crippen MR) is 73.2 cm³/mol. The van der Waals surface area contributed by atoms with Crippen LogP contribution in [0, 0.1) is 0 Å². The van der Waals surface area contributed by atoms with E-state index in [0.717, 1.165) is 20.7 Å². The molecule has 0 saturated carbocycles. The Morgan fingerprint density at radius 2 is 2.29 bits per heavy atom. The van der Waals surface area contributed by atoms with Crippen molar-refractivity contribution in [3.05, 3.63) is 31.5 Å². The Morgan fingerprint density at radius 3 is 2.82 bits per heavy atom. The third-order valence-corrected chi connectivity index (χ3v) is 6.74. The summed E-state index contributed by atoms with van der Waals surface area (Å²) in [7, 11) is -3.52. The molecule has 1 N–H and O–H groups in total. The third-order valence-electron chi connectivity index (χ3n) is 1.83. The molecule has 0 amide bonds. The highest BCUT2D eigenvalue weighted by Crippen LogP contribution is 2.25. The van der Waals surface area contributed by atoms with Gasteiger partial charge in [0.15, 0.2) is 8.68 Å². The molecule has 0 bridgehead atoms. The highest BCUT2D eigenvalue weighted by molar-refractivity contribution is 9.10. The van der Waals surface area contributed by atoms with Crippen molar-refractivity contribution >= 4 is 60.2 Å². The quantitative estimate of drug-likeness (QED) is 0.896. The van der Waals surface area contributed by atoms with Gasteiger partial charge in [0.1, 0.15) is 0 Å². The summed E-state index contributed by atoms with van der Waals surface area (Å²) >= 11 is 11.4. The zero-order valence-electron chi connectivity index (χ0n) is 8.18. The van der Waals surface area contributed by atoms with E-state index in [0.29, 0.717) is 0 Å². The maximum Gasteiger partial charge on any atom is 0.252 e. The average Bonchev–Trinajstić information content (AvgIpc) is 2.85. The molecule has 0 aliphatic rings. The van der Waals surface area contributed by atoms with E-state index < -0.39 is 10.0 Å². The van der Waals surface area contributed by atoms with Gasteiger partial charge in [-0.2, -0.15) is 0 Å². The molecule has 2 rings (SSSR count). The maximum absolute atomic E-state index is 11.8. The zero-order chi connectivity index (χ0) is 12.5. The summed E-state index contributed by atoms with van der Waals surface area (Å²) in [5.74, 6) is 0. The monoisotopic (exact) mass is 372 g/mol. The van der Waals surface area contributed by atoms with Crippen molar-refractivity contribution in [2.24, 2.45) is 0 Å². The molecule has 0 fully saturated rings. The Labute approximate surface area is 120 Å². The van der Waals surface area contributed by atoms with Crippen molar-refractivity contribution < 1.29 is 8.42 Å². The van der Waals surface area contributed by atoms with Gasteiger partial charge in [-0.1, -0.05) is 22.9 Å². The molecule has 0 aliphatic heterocycles. The number of nitrogens with zero attached hydrogens (tertiary/aromatic N) is 1. The van der Waals surface area contributed by atoms with Gasteiger partial charge in [0.2, 0.25) is 0 Å². The van der Waals surface area contributed by atoms with E-state index in [1.54, 1.807) is 0 Å². The summed E-state index contributed by atoms with van der Waals surface area (Å²) in [5, 5.41) is 1.89. The number of halogens is 2. The zero-order valence-corrected chi connectivity index (χ0v) is 13.0. The number of aromatic nitrogens is 1. The number of thiazole rings is 1. The van der Waals surface area contributed by atoms with Crippen LogP contribution >= 0.6 is 50.2 Å². The minimum Gasteiger partial charge on any atom is -0.232 e. The Morgan fingerprint density at radius 1 is 1.53 bits per heavy atom. The third kappa shape index (κ3) is 3.27. The second-order valence-electron chi connectivity index (χ2n) is 2.95. The van der Waals surface area contributed by atoms with Gasteiger partial charge in [-0.3, -0.25) is 0 Å².